The molecular formula is C16H17NO3. The maximum absolute atomic E-state index is 12.2. The molecule has 1 rings (SSSR count). The van der Waals surface area contributed by atoms with E-state index < -0.39 is 5.97 Å². The van der Waals surface area contributed by atoms with Gasteiger partial charge >= 0.3 is 5.97 Å². The van der Waals surface area contributed by atoms with Gasteiger partial charge in [0, 0.05) is 23.3 Å². The number of hydrogen-bond acceptors (Lipinski definition) is 3. The Hall–Kier alpha value is -2.62. The summed E-state index contributed by atoms with van der Waals surface area (Å²) in [4.78, 5) is 22.6. The smallest absolute Gasteiger partial charge is 0.303 e. The van der Waals surface area contributed by atoms with E-state index >= 15 is 0 Å². The van der Waals surface area contributed by atoms with Crippen molar-refractivity contribution in [3.05, 3.63) is 72.0 Å². The van der Waals surface area contributed by atoms with Crippen LogP contribution in [0.15, 0.2) is 66.4 Å². The Kier molecular flexibility index (Phi) is 5.97. The minimum absolute atomic E-state index is 0.0515. The Balaban J connectivity index is 2.81. The molecular weight excluding hydrogens is 254 g/mol. The second kappa shape index (κ2) is 7.74. The molecule has 20 heavy (non-hydrogen) atoms. The molecule has 0 heterocycles. The normalized spacial score (nSPS) is 11.5. The van der Waals surface area contributed by atoms with E-state index in [2.05, 4.69) is 6.58 Å². The van der Waals surface area contributed by atoms with Gasteiger partial charge in [-0.25, -0.2) is 0 Å². The van der Waals surface area contributed by atoms with Crippen molar-refractivity contribution < 1.29 is 14.7 Å². The van der Waals surface area contributed by atoms with Crippen LogP contribution in [0.3, 0.4) is 0 Å². The van der Waals surface area contributed by atoms with Crippen molar-refractivity contribution in [2.24, 2.45) is 5.73 Å². The molecule has 1 aromatic rings. The molecule has 0 aliphatic rings. The highest BCUT2D eigenvalue weighted by atomic mass is 16.4. The number of carbonyl (C=O) groups excluding carboxylic acids is 1. The van der Waals surface area contributed by atoms with Gasteiger partial charge in [-0.2, -0.15) is 0 Å². The van der Waals surface area contributed by atoms with Crippen LogP contribution in [-0.4, -0.2) is 16.9 Å². The molecule has 0 spiro atoms. The molecule has 3 N–H and O–H groups in total. The lowest BCUT2D eigenvalue weighted by Gasteiger charge is -2.05. The molecule has 1 aromatic carbocycles. The van der Waals surface area contributed by atoms with Gasteiger partial charge < -0.3 is 10.8 Å². The molecule has 0 amide bonds. The molecule has 0 saturated heterocycles. The lowest BCUT2D eigenvalue weighted by molar-refractivity contribution is -0.136. The Morgan fingerprint density at radius 3 is 2.45 bits per heavy atom. The molecule has 4 nitrogen and oxygen atoms in total. The molecule has 0 saturated carbocycles. The molecule has 104 valence electrons. The summed E-state index contributed by atoms with van der Waals surface area (Å²) < 4.78 is 0. The highest BCUT2D eigenvalue weighted by Crippen LogP contribution is 2.12. The highest BCUT2D eigenvalue weighted by Gasteiger charge is 2.12. The molecule has 0 aliphatic heterocycles. The summed E-state index contributed by atoms with van der Waals surface area (Å²) in [6, 6.07) is 8.77. The van der Waals surface area contributed by atoms with E-state index in [9.17, 15) is 9.59 Å². The number of carboxylic acid groups (broad SMARTS) is 1. The third kappa shape index (κ3) is 4.94. The Morgan fingerprint density at radius 1 is 1.25 bits per heavy atom. The van der Waals surface area contributed by atoms with E-state index in [0.29, 0.717) is 17.6 Å². The Labute approximate surface area is 117 Å². The van der Waals surface area contributed by atoms with Crippen LogP contribution in [0.25, 0.3) is 0 Å². The third-order valence-corrected chi connectivity index (χ3v) is 2.55. The summed E-state index contributed by atoms with van der Waals surface area (Å²) in [6.07, 6.45) is 5.30. The SMILES string of the molecule is C=C(N)/C(=C\C=C/CCC(=O)O)C(=O)c1ccccc1. The number of nitrogens with two attached hydrogens (primary N) is 1. The molecule has 0 fully saturated rings. The second-order valence-corrected chi connectivity index (χ2v) is 4.16. The van der Waals surface area contributed by atoms with Crippen LogP contribution in [-0.2, 0) is 4.79 Å². The molecule has 0 aromatic heterocycles. The maximum Gasteiger partial charge on any atom is 0.303 e. The van der Waals surface area contributed by atoms with Gasteiger partial charge in [-0.05, 0) is 12.5 Å². The van der Waals surface area contributed by atoms with Crippen molar-refractivity contribution in [1.29, 1.82) is 0 Å². The number of aliphatic carboxylic acids is 1. The monoisotopic (exact) mass is 271 g/mol. The topological polar surface area (TPSA) is 80.4 Å². The first-order valence-electron chi connectivity index (χ1n) is 6.15. The zero-order valence-electron chi connectivity index (χ0n) is 11.1. The number of allylic oxidation sites excluding steroid dienone is 4. The number of benzene rings is 1. The zero-order valence-corrected chi connectivity index (χ0v) is 11.1. The lowest BCUT2D eigenvalue weighted by atomic mass is 10.0. The fourth-order valence-corrected chi connectivity index (χ4v) is 1.54. The molecule has 0 bridgehead atoms. The second-order valence-electron chi connectivity index (χ2n) is 4.16. The van der Waals surface area contributed by atoms with Gasteiger partial charge in [0.15, 0.2) is 5.78 Å². The van der Waals surface area contributed by atoms with Crippen molar-refractivity contribution >= 4 is 11.8 Å². The number of carboxylic acids is 1. The van der Waals surface area contributed by atoms with E-state index in [1.54, 1.807) is 42.5 Å². The van der Waals surface area contributed by atoms with Crippen LogP contribution >= 0.6 is 0 Å². The van der Waals surface area contributed by atoms with E-state index in [-0.39, 0.29) is 17.9 Å². The van der Waals surface area contributed by atoms with Gasteiger partial charge in [0.25, 0.3) is 0 Å². The Bertz CT molecular complexity index is 556. The van der Waals surface area contributed by atoms with Gasteiger partial charge in [-0.15, -0.1) is 0 Å². The molecule has 0 radical (unpaired) electrons. The minimum atomic E-state index is -0.859. The third-order valence-electron chi connectivity index (χ3n) is 2.55. The summed E-state index contributed by atoms with van der Waals surface area (Å²) in [6.45, 7) is 3.59. The predicted molar refractivity (Wildman–Crippen MR) is 78.2 cm³/mol. The summed E-state index contributed by atoms with van der Waals surface area (Å²) >= 11 is 0. The number of Topliss-reactive ketones (excluding diaryl/α,β-unsaturated/α-hetero) is 1. The summed E-state index contributed by atoms with van der Waals surface area (Å²) in [5, 5.41) is 8.51. The first-order chi connectivity index (χ1) is 9.52. The van der Waals surface area contributed by atoms with Crippen molar-refractivity contribution in [3.8, 4) is 0 Å². The summed E-state index contributed by atoms with van der Waals surface area (Å²) in [5.41, 5.74) is 6.65. The largest absolute Gasteiger partial charge is 0.481 e. The van der Waals surface area contributed by atoms with E-state index in [4.69, 9.17) is 10.8 Å². The average molecular weight is 271 g/mol. The lowest BCUT2D eigenvalue weighted by Crippen LogP contribution is -2.10. The van der Waals surface area contributed by atoms with Crippen LogP contribution in [0.1, 0.15) is 23.2 Å². The van der Waals surface area contributed by atoms with Crippen molar-refractivity contribution in [3.63, 3.8) is 0 Å². The maximum atomic E-state index is 12.2. The van der Waals surface area contributed by atoms with Crippen molar-refractivity contribution in [2.45, 2.75) is 12.8 Å². The van der Waals surface area contributed by atoms with Gasteiger partial charge in [0.1, 0.15) is 0 Å². The first kappa shape index (κ1) is 15.4. The molecule has 0 atom stereocenters. The number of hydrogen-bond donors (Lipinski definition) is 2. The van der Waals surface area contributed by atoms with Crippen LogP contribution in [0.5, 0.6) is 0 Å². The van der Waals surface area contributed by atoms with E-state index in [1.165, 1.54) is 0 Å². The average Bonchev–Trinajstić information content (AvgIpc) is 2.42. The Morgan fingerprint density at radius 2 is 1.90 bits per heavy atom. The quantitative estimate of drug-likeness (QED) is 0.454. The van der Waals surface area contributed by atoms with Crippen LogP contribution < -0.4 is 5.73 Å². The minimum Gasteiger partial charge on any atom is -0.481 e. The van der Waals surface area contributed by atoms with Gasteiger partial charge in [-0.3, -0.25) is 9.59 Å². The van der Waals surface area contributed by atoms with Gasteiger partial charge in [0.2, 0.25) is 0 Å². The van der Waals surface area contributed by atoms with Crippen molar-refractivity contribution in [1.82, 2.24) is 0 Å². The highest BCUT2D eigenvalue weighted by molar-refractivity contribution is 6.11. The fraction of sp³-hybridized carbons (Fsp3) is 0.125. The standard InChI is InChI=1S/C16H17NO3/c1-12(17)14(10-6-3-7-11-15(18)19)16(20)13-8-4-2-5-9-13/h2-6,8-10H,1,7,11,17H2,(H,18,19)/b6-3-,14-10+. The number of carbonyl (C=O) groups is 2. The predicted octanol–water partition coefficient (Wildman–Crippen LogP) is 2.69. The summed E-state index contributed by atoms with van der Waals surface area (Å²) in [7, 11) is 0. The van der Waals surface area contributed by atoms with Crippen molar-refractivity contribution in [2.75, 3.05) is 0 Å². The van der Waals surface area contributed by atoms with Gasteiger partial charge in [0.05, 0.1) is 0 Å². The van der Waals surface area contributed by atoms with Crippen LogP contribution in [0.4, 0.5) is 0 Å². The number of ketones is 1. The van der Waals surface area contributed by atoms with Crippen LogP contribution in [0.2, 0.25) is 0 Å². The van der Waals surface area contributed by atoms with Crippen LogP contribution in [0, 0.1) is 0 Å². The van der Waals surface area contributed by atoms with E-state index in [0.717, 1.165) is 0 Å². The van der Waals surface area contributed by atoms with Gasteiger partial charge in [-0.1, -0.05) is 49.1 Å². The molecule has 4 heteroatoms. The summed E-state index contributed by atoms with van der Waals surface area (Å²) in [5.74, 6) is -1.07. The molecule has 0 aliphatic carbocycles. The molecule has 0 unspecified atom stereocenters. The van der Waals surface area contributed by atoms with E-state index in [1.807, 2.05) is 6.07 Å². The zero-order chi connectivity index (χ0) is 15.0. The first-order valence-corrected chi connectivity index (χ1v) is 6.15. The fourth-order valence-electron chi connectivity index (χ4n) is 1.54. The number of rotatable bonds is 7.